The summed E-state index contributed by atoms with van der Waals surface area (Å²) in [4.78, 5) is 17.0. The van der Waals surface area contributed by atoms with Crippen LogP contribution in [0.1, 0.15) is 31.3 Å². The lowest BCUT2D eigenvalue weighted by Gasteiger charge is -2.19. The van der Waals surface area contributed by atoms with Crippen LogP contribution in [0.5, 0.6) is 0 Å². The van der Waals surface area contributed by atoms with Crippen LogP contribution in [-0.4, -0.2) is 21.2 Å². The Morgan fingerprint density at radius 2 is 2.24 bits per heavy atom. The van der Waals surface area contributed by atoms with Crippen LogP contribution < -0.4 is 5.32 Å². The van der Waals surface area contributed by atoms with Crippen molar-refractivity contribution in [1.29, 1.82) is 0 Å². The molecule has 21 heavy (non-hydrogen) atoms. The number of hydrogen-bond donors (Lipinski definition) is 1. The molecule has 0 saturated carbocycles. The first-order chi connectivity index (χ1) is 9.83. The van der Waals surface area contributed by atoms with Crippen molar-refractivity contribution < 1.29 is 9.53 Å². The van der Waals surface area contributed by atoms with E-state index >= 15 is 0 Å². The second kappa shape index (κ2) is 6.62. The Hall–Kier alpha value is -1.34. The Labute approximate surface area is 136 Å². The van der Waals surface area contributed by atoms with Gasteiger partial charge in [-0.05, 0) is 48.8 Å². The first-order valence-corrected chi connectivity index (χ1v) is 8.14. The monoisotopic (exact) mass is 371 g/mol. The van der Waals surface area contributed by atoms with E-state index in [0.29, 0.717) is 6.54 Å². The minimum atomic E-state index is -0.492. The second-order valence-corrected chi connectivity index (χ2v) is 8.12. The first kappa shape index (κ1) is 16.0. The standard InChI is InChI=1S/C14H18BrN3O2S/c1-14(2,3)20-13(19)17-7-10-6-16-9-18(10)8-11-4-5-12(15)21-11/h4-6,9H,7-8H2,1-3H3,(H,17,19). The molecule has 0 aliphatic carbocycles. The predicted octanol–water partition coefficient (Wildman–Crippen LogP) is 3.78. The Morgan fingerprint density at radius 1 is 1.48 bits per heavy atom. The van der Waals surface area contributed by atoms with Crippen molar-refractivity contribution in [2.24, 2.45) is 0 Å². The zero-order chi connectivity index (χ0) is 15.5. The molecule has 0 bridgehead atoms. The van der Waals surface area contributed by atoms with Gasteiger partial charge in [0.05, 0.1) is 28.9 Å². The second-order valence-electron chi connectivity index (χ2n) is 5.57. The lowest BCUT2D eigenvalue weighted by atomic mass is 10.2. The molecular weight excluding hydrogens is 354 g/mol. The Morgan fingerprint density at radius 3 is 2.86 bits per heavy atom. The number of amides is 1. The molecule has 2 rings (SSSR count). The van der Waals surface area contributed by atoms with Gasteiger partial charge in [0.15, 0.2) is 0 Å². The van der Waals surface area contributed by atoms with Crippen molar-refractivity contribution in [2.45, 2.75) is 39.5 Å². The number of carbonyl (C=O) groups excluding carboxylic acids is 1. The highest BCUT2D eigenvalue weighted by atomic mass is 79.9. The minimum Gasteiger partial charge on any atom is -0.444 e. The van der Waals surface area contributed by atoms with Gasteiger partial charge in [-0.1, -0.05) is 0 Å². The molecular formula is C14H18BrN3O2S. The minimum absolute atomic E-state index is 0.390. The maximum Gasteiger partial charge on any atom is 0.407 e. The van der Waals surface area contributed by atoms with Gasteiger partial charge in [0.25, 0.3) is 0 Å². The van der Waals surface area contributed by atoms with Crippen LogP contribution in [0.15, 0.2) is 28.4 Å². The van der Waals surface area contributed by atoms with Crippen molar-refractivity contribution in [2.75, 3.05) is 0 Å². The van der Waals surface area contributed by atoms with E-state index in [1.165, 1.54) is 4.88 Å². The van der Waals surface area contributed by atoms with Gasteiger partial charge in [0.2, 0.25) is 0 Å². The van der Waals surface area contributed by atoms with Crippen LogP contribution in [-0.2, 0) is 17.8 Å². The van der Waals surface area contributed by atoms with Crippen LogP contribution in [0.4, 0.5) is 4.79 Å². The predicted molar refractivity (Wildman–Crippen MR) is 86.4 cm³/mol. The number of nitrogens with one attached hydrogen (secondary N) is 1. The summed E-state index contributed by atoms with van der Waals surface area (Å²) in [6, 6.07) is 4.09. The zero-order valence-electron chi connectivity index (χ0n) is 12.2. The molecule has 2 heterocycles. The third-order valence-electron chi connectivity index (χ3n) is 2.57. The molecule has 0 fully saturated rings. The summed E-state index contributed by atoms with van der Waals surface area (Å²) >= 11 is 5.14. The Kier molecular flexibility index (Phi) is 5.05. The molecule has 0 aromatic carbocycles. The van der Waals surface area contributed by atoms with Gasteiger partial charge in [-0.3, -0.25) is 0 Å². The van der Waals surface area contributed by atoms with E-state index in [2.05, 4.69) is 32.3 Å². The van der Waals surface area contributed by atoms with E-state index in [1.807, 2.05) is 31.4 Å². The lowest BCUT2D eigenvalue weighted by Crippen LogP contribution is -2.32. The summed E-state index contributed by atoms with van der Waals surface area (Å²) in [7, 11) is 0. The number of hydrogen-bond acceptors (Lipinski definition) is 4. The highest BCUT2D eigenvalue weighted by Crippen LogP contribution is 2.23. The van der Waals surface area contributed by atoms with Gasteiger partial charge in [0.1, 0.15) is 5.60 Å². The van der Waals surface area contributed by atoms with Crippen molar-refractivity contribution >= 4 is 33.4 Å². The van der Waals surface area contributed by atoms with Gasteiger partial charge < -0.3 is 14.6 Å². The summed E-state index contributed by atoms with van der Waals surface area (Å²) in [6.45, 7) is 6.64. The normalized spacial score (nSPS) is 11.4. The topological polar surface area (TPSA) is 56.1 Å². The fourth-order valence-corrected chi connectivity index (χ4v) is 3.20. The van der Waals surface area contributed by atoms with E-state index in [4.69, 9.17) is 4.74 Å². The smallest absolute Gasteiger partial charge is 0.407 e. The highest BCUT2D eigenvalue weighted by Gasteiger charge is 2.16. The van der Waals surface area contributed by atoms with Gasteiger partial charge in [0, 0.05) is 11.1 Å². The maximum absolute atomic E-state index is 11.7. The number of rotatable bonds is 4. The van der Waals surface area contributed by atoms with Crippen molar-refractivity contribution in [1.82, 2.24) is 14.9 Å². The molecule has 0 saturated heterocycles. The third-order valence-corrected chi connectivity index (χ3v) is 4.17. The van der Waals surface area contributed by atoms with E-state index in [0.717, 1.165) is 16.0 Å². The summed E-state index contributed by atoms with van der Waals surface area (Å²) in [5.74, 6) is 0. The van der Waals surface area contributed by atoms with Gasteiger partial charge in [-0.2, -0.15) is 0 Å². The fourth-order valence-electron chi connectivity index (χ4n) is 1.72. The van der Waals surface area contributed by atoms with E-state index in [9.17, 15) is 4.79 Å². The maximum atomic E-state index is 11.7. The summed E-state index contributed by atoms with van der Waals surface area (Å²) < 4.78 is 8.33. The number of nitrogens with zero attached hydrogens (tertiary/aromatic N) is 2. The highest BCUT2D eigenvalue weighted by molar-refractivity contribution is 9.11. The number of thiophene rings is 1. The van der Waals surface area contributed by atoms with Crippen molar-refractivity contribution in [3.8, 4) is 0 Å². The van der Waals surface area contributed by atoms with Crippen molar-refractivity contribution in [3.05, 3.63) is 39.0 Å². The number of ether oxygens (including phenoxy) is 1. The fraction of sp³-hybridized carbons (Fsp3) is 0.429. The summed E-state index contributed by atoms with van der Waals surface area (Å²) in [6.07, 6.45) is 3.09. The first-order valence-electron chi connectivity index (χ1n) is 6.53. The van der Waals surface area contributed by atoms with E-state index in [-0.39, 0.29) is 0 Å². The number of halogens is 1. The van der Waals surface area contributed by atoms with Crippen LogP contribution >= 0.6 is 27.3 Å². The van der Waals surface area contributed by atoms with Gasteiger partial charge >= 0.3 is 6.09 Å². The molecule has 2 aromatic heterocycles. The molecule has 1 amide bonds. The largest absolute Gasteiger partial charge is 0.444 e. The molecule has 2 aromatic rings. The number of aromatic nitrogens is 2. The number of alkyl carbamates (subject to hydrolysis) is 1. The van der Waals surface area contributed by atoms with Crippen molar-refractivity contribution in [3.63, 3.8) is 0 Å². The van der Waals surface area contributed by atoms with Crippen LogP contribution in [0.25, 0.3) is 0 Å². The average molecular weight is 372 g/mol. The number of imidazole rings is 1. The van der Waals surface area contributed by atoms with E-state index < -0.39 is 11.7 Å². The zero-order valence-corrected chi connectivity index (χ0v) is 14.6. The van der Waals surface area contributed by atoms with Crippen LogP contribution in [0.2, 0.25) is 0 Å². The SMILES string of the molecule is CC(C)(C)OC(=O)NCc1cncn1Cc1ccc(Br)s1. The number of carbonyl (C=O) groups is 1. The van der Waals surface area contributed by atoms with Crippen LogP contribution in [0.3, 0.4) is 0 Å². The summed E-state index contributed by atoms with van der Waals surface area (Å²) in [5, 5.41) is 2.75. The van der Waals surface area contributed by atoms with Crippen LogP contribution in [0, 0.1) is 0 Å². The molecule has 0 spiro atoms. The molecule has 0 aliphatic rings. The lowest BCUT2D eigenvalue weighted by molar-refractivity contribution is 0.0522. The molecule has 0 unspecified atom stereocenters. The quantitative estimate of drug-likeness (QED) is 0.889. The van der Waals surface area contributed by atoms with E-state index in [1.54, 1.807) is 23.9 Å². The third kappa shape index (κ3) is 5.17. The summed E-state index contributed by atoms with van der Waals surface area (Å²) in [5.41, 5.74) is 0.443. The molecule has 114 valence electrons. The average Bonchev–Trinajstić information content (AvgIpc) is 2.94. The molecule has 5 nitrogen and oxygen atoms in total. The molecule has 1 N–H and O–H groups in total. The molecule has 0 aliphatic heterocycles. The molecule has 0 atom stereocenters. The van der Waals surface area contributed by atoms with Gasteiger partial charge in [-0.25, -0.2) is 9.78 Å². The molecule has 7 heteroatoms. The molecule has 0 radical (unpaired) electrons. The van der Waals surface area contributed by atoms with Gasteiger partial charge in [-0.15, -0.1) is 11.3 Å². The Balaban J connectivity index is 1.93. The Bertz CT molecular complexity index is 616.